The first-order valence-electron chi connectivity index (χ1n) is 6.90. The Morgan fingerprint density at radius 1 is 1.22 bits per heavy atom. The number of anilines is 2. The number of para-hydroxylation sites is 1. The lowest BCUT2D eigenvalue weighted by Gasteiger charge is -2.12. The Labute approximate surface area is 145 Å². The predicted molar refractivity (Wildman–Crippen MR) is 94.7 cm³/mol. The van der Waals surface area contributed by atoms with Crippen molar-refractivity contribution in [1.29, 1.82) is 0 Å². The summed E-state index contributed by atoms with van der Waals surface area (Å²) in [5, 5.41) is 4.18. The van der Waals surface area contributed by atoms with Crippen molar-refractivity contribution in [3.05, 3.63) is 40.2 Å². The zero-order valence-electron chi connectivity index (χ0n) is 12.2. The maximum absolute atomic E-state index is 5.52. The minimum Gasteiger partial charge on any atom is -0.496 e. The minimum absolute atomic E-state index is 0.227. The highest BCUT2D eigenvalue weighted by Crippen LogP contribution is 2.41. The molecule has 0 atom stereocenters. The molecule has 0 spiro atoms. The molecule has 0 bridgehead atoms. The Kier molecular flexibility index (Phi) is 3.56. The average Bonchev–Trinajstić information content (AvgIpc) is 3.04. The molecule has 0 saturated heterocycles. The first-order chi connectivity index (χ1) is 11.3. The van der Waals surface area contributed by atoms with E-state index in [2.05, 4.69) is 37.9 Å². The first-order valence-corrected chi connectivity index (χ1v) is 7.98. The SMILES string of the molecule is COc1cc2c(Nc3cccc4c3OCO4)ncnc2cc1I. The lowest BCUT2D eigenvalue weighted by Crippen LogP contribution is -1.99. The molecule has 23 heavy (non-hydrogen) atoms. The molecule has 6 nitrogen and oxygen atoms in total. The van der Waals surface area contributed by atoms with Gasteiger partial charge in [-0.15, -0.1) is 0 Å². The van der Waals surface area contributed by atoms with Gasteiger partial charge in [-0.2, -0.15) is 0 Å². The Bertz CT molecular complexity index is 901. The van der Waals surface area contributed by atoms with E-state index < -0.39 is 0 Å². The number of hydrogen-bond acceptors (Lipinski definition) is 6. The highest BCUT2D eigenvalue weighted by molar-refractivity contribution is 14.1. The molecule has 1 aliphatic heterocycles. The smallest absolute Gasteiger partial charge is 0.231 e. The first kappa shape index (κ1) is 14.3. The number of halogens is 1. The number of ether oxygens (including phenoxy) is 3. The summed E-state index contributed by atoms with van der Waals surface area (Å²) >= 11 is 2.23. The van der Waals surface area contributed by atoms with Crippen molar-refractivity contribution in [2.75, 3.05) is 19.2 Å². The minimum atomic E-state index is 0.227. The van der Waals surface area contributed by atoms with E-state index in [0.717, 1.165) is 31.7 Å². The van der Waals surface area contributed by atoms with Crippen LogP contribution in [0.4, 0.5) is 11.5 Å². The van der Waals surface area contributed by atoms with E-state index in [4.69, 9.17) is 14.2 Å². The Hall–Kier alpha value is -2.29. The molecule has 3 aromatic rings. The molecule has 0 saturated carbocycles. The second kappa shape index (κ2) is 5.73. The largest absolute Gasteiger partial charge is 0.496 e. The number of benzene rings is 2. The molecule has 2 aromatic carbocycles. The van der Waals surface area contributed by atoms with Crippen LogP contribution in [0.1, 0.15) is 0 Å². The lowest BCUT2D eigenvalue weighted by atomic mass is 10.2. The molecule has 0 fully saturated rings. The van der Waals surface area contributed by atoms with Gasteiger partial charge in [-0.05, 0) is 46.9 Å². The molecule has 0 radical (unpaired) electrons. The molecule has 1 aliphatic rings. The van der Waals surface area contributed by atoms with E-state index in [1.54, 1.807) is 7.11 Å². The molecule has 0 unspecified atom stereocenters. The number of hydrogen-bond donors (Lipinski definition) is 1. The van der Waals surface area contributed by atoms with Gasteiger partial charge in [0.2, 0.25) is 6.79 Å². The molecular formula is C16H12IN3O3. The zero-order valence-corrected chi connectivity index (χ0v) is 14.3. The van der Waals surface area contributed by atoms with Crippen LogP contribution in [0, 0.1) is 3.57 Å². The van der Waals surface area contributed by atoms with Crippen molar-refractivity contribution in [3.8, 4) is 17.2 Å². The van der Waals surface area contributed by atoms with Crippen LogP contribution in [0.2, 0.25) is 0 Å². The molecule has 4 rings (SSSR count). The summed E-state index contributed by atoms with van der Waals surface area (Å²) in [6, 6.07) is 9.60. The number of aromatic nitrogens is 2. The highest BCUT2D eigenvalue weighted by Gasteiger charge is 2.18. The molecular weight excluding hydrogens is 409 g/mol. The molecule has 2 heterocycles. The van der Waals surface area contributed by atoms with E-state index in [-0.39, 0.29) is 6.79 Å². The number of methoxy groups -OCH3 is 1. The number of rotatable bonds is 3. The van der Waals surface area contributed by atoms with E-state index in [1.165, 1.54) is 6.33 Å². The van der Waals surface area contributed by atoms with Crippen LogP contribution in [-0.4, -0.2) is 23.9 Å². The maximum Gasteiger partial charge on any atom is 0.231 e. The van der Waals surface area contributed by atoms with Crippen molar-refractivity contribution >= 4 is 45.0 Å². The number of nitrogens with one attached hydrogen (secondary N) is 1. The van der Waals surface area contributed by atoms with Crippen LogP contribution in [0.25, 0.3) is 10.9 Å². The summed E-state index contributed by atoms with van der Waals surface area (Å²) in [5.74, 6) is 2.89. The topological polar surface area (TPSA) is 65.5 Å². The van der Waals surface area contributed by atoms with E-state index >= 15 is 0 Å². The van der Waals surface area contributed by atoms with E-state index in [9.17, 15) is 0 Å². The van der Waals surface area contributed by atoms with Crippen LogP contribution in [0.3, 0.4) is 0 Å². The summed E-state index contributed by atoms with van der Waals surface area (Å²) in [7, 11) is 1.65. The predicted octanol–water partition coefficient (Wildman–Crippen LogP) is 3.72. The lowest BCUT2D eigenvalue weighted by molar-refractivity contribution is 0.174. The van der Waals surface area contributed by atoms with Gasteiger partial charge in [0.05, 0.1) is 21.9 Å². The van der Waals surface area contributed by atoms with Gasteiger partial charge in [0.1, 0.15) is 17.9 Å². The molecule has 1 N–H and O–H groups in total. The molecule has 116 valence electrons. The number of nitrogens with zero attached hydrogens (tertiary/aromatic N) is 2. The Balaban J connectivity index is 1.82. The monoisotopic (exact) mass is 421 g/mol. The second-order valence-electron chi connectivity index (χ2n) is 4.89. The van der Waals surface area contributed by atoms with Gasteiger partial charge in [0.15, 0.2) is 11.5 Å². The third-order valence-electron chi connectivity index (χ3n) is 3.56. The van der Waals surface area contributed by atoms with Gasteiger partial charge in [-0.1, -0.05) is 6.07 Å². The van der Waals surface area contributed by atoms with Crippen LogP contribution in [0.15, 0.2) is 36.7 Å². The van der Waals surface area contributed by atoms with Crippen molar-refractivity contribution in [2.24, 2.45) is 0 Å². The normalized spacial score (nSPS) is 12.4. The highest BCUT2D eigenvalue weighted by atomic mass is 127. The average molecular weight is 421 g/mol. The van der Waals surface area contributed by atoms with Gasteiger partial charge in [-0.25, -0.2) is 9.97 Å². The molecule has 7 heteroatoms. The number of fused-ring (bicyclic) bond motifs is 2. The van der Waals surface area contributed by atoms with Crippen molar-refractivity contribution < 1.29 is 14.2 Å². The van der Waals surface area contributed by atoms with Crippen molar-refractivity contribution in [2.45, 2.75) is 0 Å². The summed E-state index contributed by atoms with van der Waals surface area (Å²) in [6.45, 7) is 0.227. The molecule has 0 amide bonds. The molecule has 0 aliphatic carbocycles. The van der Waals surface area contributed by atoms with Crippen molar-refractivity contribution in [1.82, 2.24) is 9.97 Å². The van der Waals surface area contributed by atoms with Gasteiger partial charge in [-0.3, -0.25) is 0 Å². The summed E-state index contributed by atoms with van der Waals surface area (Å²) in [5.41, 5.74) is 1.65. The van der Waals surface area contributed by atoms with Crippen LogP contribution in [0.5, 0.6) is 17.2 Å². The van der Waals surface area contributed by atoms with Gasteiger partial charge in [0.25, 0.3) is 0 Å². The summed E-state index contributed by atoms with van der Waals surface area (Å²) in [6.07, 6.45) is 1.54. The fourth-order valence-electron chi connectivity index (χ4n) is 2.47. The standard InChI is InChI=1S/C16H12IN3O3/c1-21-14-5-9-12(6-10(14)17)18-7-19-16(9)20-11-3-2-4-13-15(11)23-8-22-13/h2-7H,8H2,1H3,(H,18,19,20). The maximum atomic E-state index is 5.52. The molecule has 1 aromatic heterocycles. The zero-order chi connectivity index (χ0) is 15.8. The third-order valence-corrected chi connectivity index (χ3v) is 4.40. The Morgan fingerprint density at radius 3 is 3.00 bits per heavy atom. The summed E-state index contributed by atoms with van der Waals surface area (Å²) in [4.78, 5) is 8.68. The second-order valence-corrected chi connectivity index (χ2v) is 6.05. The van der Waals surface area contributed by atoms with Gasteiger partial charge >= 0.3 is 0 Å². The van der Waals surface area contributed by atoms with E-state index in [0.29, 0.717) is 11.6 Å². The van der Waals surface area contributed by atoms with Gasteiger partial charge in [0, 0.05) is 5.39 Å². The third kappa shape index (κ3) is 2.50. The van der Waals surface area contributed by atoms with Crippen molar-refractivity contribution in [3.63, 3.8) is 0 Å². The van der Waals surface area contributed by atoms with Gasteiger partial charge < -0.3 is 19.5 Å². The van der Waals surface area contributed by atoms with Crippen LogP contribution in [-0.2, 0) is 0 Å². The quantitative estimate of drug-likeness (QED) is 0.651. The van der Waals surface area contributed by atoms with Crippen LogP contribution < -0.4 is 19.5 Å². The van der Waals surface area contributed by atoms with E-state index in [1.807, 2.05) is 30.3 Å². The summed E-state index contributed by atoms with van der Waals surface area (Å²) < 4.78 is 17.3. The van der Waals surface area contributed by atoms with Crippen LogP contribution >= 0.6 is 22.6 Å². The fourth-order valence-corrected chi connectivity index (χ4v) is 3.14. The fraction of sp³-hybridized carbons (Fsp3) is 0.125. The Morgan fingerprint density at radius 2 is 2.13 bits per heavy atom.